The van der Waals surface area contributed by atoms with Gasteiger partial charge in [0.2, 0.25) is 0 Å². The number of fused-ring (bicyclic) bond motifs is 5. The van der Waals surface area contributed by atoms with Crippen molar-refractivity contribution in [1.29, 1.82) is 0 Å². The van der Waals surface area contributed by atoms with Crippen LogP contribution in [0.4, 0.5) is 0 Å². The van der Waals surface area contributed by atoms with Gasteiger partial charge in [-0.05, 0) is 43.7 Å². The lowest BCUT2D eigenvalue weighted by Crippen LogP contribution is -2.46. The van der Waals surface area contributed by atoms with Crippen molar-refractivity contribution in [2.45, 2.75) is 38.6 Å². The van der Waals surface area contributed by atoms with Gasteiger partial charge in [0.25, 0.3) is 0 Å². The Hall–Kier alpha value is -1.88. The molecule has 0 bridgehead atoms. The number of rotatable bonds is 3. The normalized spacial score (nSPS) is 23.0. The zero-order valence-corrected chi connectivity index (χ0v) is 14.7. The van der Waals surface area contributed by atoms with Gasteiger partial charge in [-0.1, -0.05) is 30.4 Å². The molecule has 5 heteroatoms. The van der Waals surface area contributed by atoms with E-state index < -0.39 is 0 Å². The van der Waals surface area contributed by atoms with Gasteiger partial charge in [-0.3, -0.25) is 4.79 Å². The summed E-state index contributed by atoms with van der Waals surface area (Å²) in [6.07, 6.45) is 3.31. The van der Waals surface area contributed by atoms with Crippen LogP contribution in [0, 0.1) is 5.92 Å². The summed E-state index contributed by atoms with van der Waals surface area (Å²) in [4.78, 5) is 19.1. The highest BCUT2D eigenvalue weighted by Gasteiger charge is 2.40. The molecule has 2 aromatic rings. The molecule has 3 heterocycles. The SMILES string of the molecule is CCOC(=O)C[C@H]1CCC(=S)N2CCc3c([nH]c4ccccc34)[C@@H]12. The van der Waals surface area contributed by atoms with E-state index in [0.717, 1.165) is 30.8 Å². The molecule has 126 valence electrons. The van der Waals surface area contributed by atoms with E-state index in [1.54, 1.807) is 0 Å². The Labute approximate surface area is 147 Å². The summed E-state index contributed by atoms with van der Waals surface area (Å²) in [6.45, 7) is 3.24. The van der Waals surface area contributed by atoms with Crippen molar-refractivity contribution < 1.29 is 9.53 Å². The molecule has 0 aliphatic carbocycles. The molecule has 4 nitrogen and oxygen atoms in total. The Morgan fingerprint density at radius 2 is 2.21 bits per heavy atom. The third-order valence-corrected chi connectivity index (χ3v) is 5.75. The van der Waals surface area contributed by atoms with Gasteiger partial charge in [0.1, 0.15) is 0 Å². The van der Waals surface area contributed by atoms with Crippen LogP contribution < -0.4 is 0 Å². The van der Waals surface area contributed by atoms with Gasteiger partial charge >= 0.3 is 5.97 Å². The number of H-pyrrole nitrogens is 1. The Bertz CT molecular complexity index is 798. The lowest BCUT2D eigenvalue weighted by molar-refractivity contribution is -0.145. The quantitative estimate of drug-likeness (QED) is 0.681. The van der Waals surface area contributed by atoms with Gasteiger partial charge < -0.3 is 14.6 Å². The van der Waals surface area contributed by atoms with E-state index in [1.165, 1.54) is 22.2 Å². The molecule has 0 saturated carbocycles. The fourth-order valence-corrected chi connectivity index (χ4v) is 4.62. The number of benzene rings is 1. The summed E-state index contributed by atoms with van der Waals surface area (Å²) < 4.78 is 5.20. The fourth-order valence-electron chi connectivity index (χ4n) is 4.30. The van der Waals surface area contributed by atoms with E-state index in [2.05, 4.69) is 34.1 Å². The Kier molecular flexibility index (Phi) is 4.04. The number of hydrogen-bond acceptors (Lipinski definition) is 3. The van der Waals surface area contributed by atoms with Crippen LogP contribution in [0.25, 0.3) is 10.9 Å². The highest BCUT2D eigenvalue weighted by Crippen LogP contribution is 2.44. The number of thiocarbonyl (C=S) groups is 1. The van der Waals surface area contributed by atoms with Gasteiger partial charge in [0.05, 0.1) is 24.1 Å². The summed E-state index contributed by atoms with van der Waals surface area (Å²) in [5.74, 6) is 0.154. The van der Waals surface area contributed by atoms with E-state index in [-0.39, 0.29) is 17.9 Å². The van der Waals surface area contributed by atoms with Crippen LogP contribution in [0.1, 0.15) is 43.5 Å². The molecule has 4 rings (SSSR count). The first kappa shape index (κ1) is 15.6. The number of para-hydroxylation sites is 1. The minimum Gasteiger partial charge on any atom is -0.466 e. The molecule has 2 atom stereocenters. The molecule has 1 fully saturated rings. The van der Waals surface area contributed by atoms with Crippen LogP contribution >= 0.6 is 12.2 Å². The number of nitrogens with zero attached hydrogens (tertiary/aromatic N) is 1. The largest absolute Gasteiger partial charge is 0.466 e. The number of piperidine rings is 1. The first-order valence-electron chi connectivity index (χ1n) is 8.73. The topological polar surface area (TPSA) is 45.3 Å². The molecule has 1 aromatic heterocycles. The molecule has 24 heavy (non-hydrogen) atoms. The number of hydrogen-bond donors (Lipinski definition) is 1. The summed E-state index contributed by atoms with van der Waals surface area (Å²) >= 11 is 5.63. The van der Waals surface area contributed by atoms with Crippen LogP contribution in [0.2, 0.25) is 0 Å². The third-order valence-electron chi connectivity index (χ3n) is 5.31. The predicted molar refractivity (Wildman–Crippen MR) is 98.0 cm³/mol. The highest BCUT2D eigenvalue weighted by molar-refractivity contribution is 7.80. The zero-order valence-electron chi connectivity index (χ0n) is 13.9. The maximum absolute atomic E-state index is 12.1. The van der Waals surface area contributed by atoms with E-state index >= 15 is 0 Å². The number of carbonyl (C=O) groups excluding carboxylic acids is 1. The van der Waals surface area contributed by atoms with Crippen molar-refractivity contribution in [3.63, 3.8) is 0 Å². The van der Waals surface area contributed by atoms with Gasteiger partial charge in [-0.2, -0.15) is 0 Å². The zero-order chi connectivity index (χ0) is 16.7. The van der Waals surface area contributed by atoms with Crippen molar-refractivity contribution >= 4 is 34.1 Å². The molecule has 1 N–H and O–H groups in total. The van der Waals surface area contributed by atoms with Gasteiger partial charge in [-0.15, -0.1) is 0 Å². The molecular formula is C19H22N2O2S. The van der Waals surface area contributed by atoms with Crippen LogP contribution in [0.3, 0.4) is 0 Å². The molecule has 2 aliphatic rings. The summed E-state index contributed by atoms with van der Waals surface area (Å²) in [6, 6.07) is 8.63. The summed E-state index contributed by atoms with van der Waals surface area (Å²) in [5, 5.41) is 1.30. The van der Waals surface area contributed by atoms with Gasteiger partial charge in [0.15, 0.2) is 0 Å². The van der Waals surface area contributed by atoms with Crippen LogP contribution in [-0.2, 0) is 16.0 Å². The minimum absolute atomic E-state index is 0.0986. The molecule has 1 saturated heterocycles. The van der Waals surface area contributed by atoms with Crippen molar-refractivity contribution in [1.82, 2.24) is 9.88 Å². The van der Waals surface area contributed by atoms with Crippen molar-refractivity contribution in [3.05, 3.63) is 35.5 Å². The van der Waals surface area contributed by atoms with Crippen LogP contribution in [-0.4, -0.2) is 34.0 Å². The molecule has 0 radical (unpaired) electrons. The van der Waals surface area contributed by atoms with E-state index in [4.69, 9.17) is 17.0 Å². The number of ether oxygens (including phenoxy) is 1. The molecule has 0 unspecified atom stereocenters. The number of esters is 1. The van der Waals surface area contributed by atoms with Crippen molar-refractivity contribution in [2.24, 2.45) is 5.92 Å². The van der Waals surface area contributed by atoms with Gasteiger partial charge in [-0.25, -0.2) is 0 Å². The maximum Gasteiger partial charge on any atom is 0.306 e. The number of aromatic nitrogens is 1. The third kappa shape index (κ3) is 2.51. The highest BCUT2D eigenvalue weighted by atomic mass is 32.1. The fraction of sp³-hybridized carbons (Fsp3) is 0.474. The van der Waals surface area contributed by atoms with Crippen LogP contribution in [0.15, 0.2) is 24.3 Å². The standard InChI is InChI=1S/C19H22N2O2S/c1-2-23-17(22)11-12-7-8-16(24)21-10-9-14-13-5-3-4-6-15(13)20-18(14)19(12)21/h3-6,12,19-20H,2,7-11H2,1H3/t12-,19-/m1/s1. The lowest BCUT2D eigenvalue weighted by Gasteiger charge is -2.45. The Morgan fingerprint density at radius 3 is 3.04 bits per heavy atom. The second-order valence-corrected chi connectivity index (χ2v) is 7.12. The first-order chi connectivity index (χ1) is 11.7. The second kappa shape index (κ2) is 6.20. The minimum atomic E-state index is -0.0986. The van der Waals surface area contributed by atoms with Gasteiger partial charge in [0, 0.05) is 23.1 Å². The molecule has 0 spiro atoms. The number of nitrogens with one attached hydrogen (secondary N) is 1. The Morgan fingerprint density at radius 1 is 1.38 bits per heavy atom. The van der Waals surface area contributed by atoms with E-state index in [0.29, 0.717) is 13.0 Å². The smallest absolute Gasteiger partial charge is 0.306 e. The Balaban J connectivity index is 1.74. The average molecular weight is 342 g/mol. The summed E-state index contributed by atoms with van der Waals surface area (Å²) in [7, 11) is 0. The molecular weight excluding hydrogens is 320 g/mol. The monoisotopic (exact) mass is 342 g/mol. The lowest BCUT2D eigenvalue weighted by atomic mass is 9.81. The van der Waals surface area contributed by atoms with E-state index in [1.807, 2.05) is 6.92 Å². The predicted octanol–water partition coefficient (Wildman–Crippen LogP) is 3.76. The van der Waals surface area contributed by atoms with E-state index in [9.17, 15) is 4.79 Å². The first-order valence-corrected chi connectivity index (χ1v) is 9.14. The number of carbonyl (C=O) groups is 1. The summed E-state index contributed by atoms with van der Waals surface area (Å²) in [5.41, 5.74) is 3.82. The molecule has 1 aromatic carbocycles. The van der Waals surface area contributed by atoms with Crippen molar-refractivity contribution in [3.8, 4) is 0 Å². The van der Waals surface area contributed by atoms with Crippen LogP contribution in [0.5, 0.6) is 0 Å². The average Bonchev–Trinajstić information content (AvgIpc) is 2.96. The molecule has 2 aliphatic heterocycles. The maximum atomic E-state index is 12.1. The number of aromatic amines is 1. The van der Waals surface area contributed by atoms with Crippen molar-refractivity contribution in [2.75, 3.05) is 13.2 Å². The second-order valence-electron chi connectivity index (χ2n) is 6.65. The molecule has 0 amide bonds.